The Bertz CT molecular complexity index is 862. The van der Waals surface area contributed by atoms with Crippen LogP contribution >= 0.6 is 0 Å². The molecule has 0 unspecified atom stereocenters. The molecule has 1 atom stereocenters. The smallest absolute Gasteiger partial charge is 0.255 e. The standard InChI is InChI=1S/C17H21N3O5S/c1-12(20-17(22)14-7-8-25-10-14)16(21)19-9-13-5-3-4-6-15(13)11-26(23,24)18-2/h3-8,10,12,18H,9,11H2,1-2H3,(H,19,21)(H,20,22)/t12-/m0/s1. The van der Waals surface area contributed by atoms with Gasteiger partial charge < -0.3 is 15.1 Å². The van der Waals surface area contributed by atoms with Crippen LogP contribution in [0.3, 0.4) is 0 Å². The third-order valence-electron chi connectivity index (χ3n) is 3.75. The maximum atomic E-state index is 12.2. The van der Waals surface area contributed by atoms with Crippen molar-refractivity contribution in [2.75, 3.05) is 7.05 Å². The highest BCUT2D eigenvalue weighted by Crippen LogP contribution is 2.12. The number of carbonyl (C=O) groups is 2. The van der Waals surface area contributed by atoms with Crippen molar-refractivity contribution < 1.29 is 22.4 Å². The highest BCUT2D eigenvalue weighted by atomic mass is 32.2. The Hall–Kier alpha value is -2.65. The van der Waals surface area contributed by atoms with Crippen LogP contribution < -0.4 is 15.4 Å². The average molecular weight is 379 g/mol. The Kier molecular flexibility index (Phi) is 6.53. The molecular weight excluding hydrogens is 358 g/mol. The number of hydrogen-bond donors (Lipinski definition) is 3. The summed E-state index contributed by atoms with van der Waals surface area (Å²) in [5.41, 5.74) is 1.61. The van der Waals surface area contributed by atoms with Crippen LogP contribution in [0.1, 0.15) is 28.4 Å². The van der Waals surface area contributed by atoms with Gasteiger partial charge in [-0.1, -0.05) is 24.3 Å². The van der Waals surface area contributed by atoms with Gasteiger partial charge in [0.1, 0.15) is 12.3 Å². The van der Waals surface area contributed by atoms with Crippen LogP contribution in [-0.2, 0) is 27.1 Å². The molecule has 3 N–H and O–H groups in total. The first-order chi connectivity index (χ1) is 12.3. The number of benzene rings is 1. The van der Waals surface area contributed by atoms with Crippen molar-refractivity contribution in [1.82, 2.24) is 15.4 Å². The second-order valence-electron chi connectivity index (χ2n) is 5.66. The number of hydrogen-bond acceptors (Lipinski definition) is 5. The van der Waals surface area contributed by atoms with E-state index >= 15 is 0 Å². The molecule has 26 heavy (non-hydrogen) atoms. The lowest BCUT2D eigenvalue weighted by atomic mass is 10.1. The molecular formula is C17H21N3O5S. The molecule has 0 spiro atoms. The van der Waals surface area contributed by atoms with Crippen molar-refractivity contribution in [1.29, 1.82) is 0 Å². The van der Waals surface area contributed by atoms with E-state index in [1.165, 1.54) is 25.6 Å². The highest BCUT2D eigenvalue weighted by Gasteiger charge is 2.18. The lowest BCUT2D eigenvalue weighted by Crippen LogP contribution is -2.44. The van der Waals surface area contributed by atoms with Gasteiger partial charge in [0.25, 0.3) is 5.91 Å². The molecule has 0 saturated carbocycles. The number of nitrogens with one attached hydrogen (secondary N) is 3. The molecule has 0 aliphatic heterocycles. The number of rotatable bonds is 8. The van der Waals surface area contributed by atoms with E-state index in [9.17, 15) is 18.0 Å². The van der Waals surface area contributed by atoms with Crippen LogP contribution in [0.25, 0.3) is 0 Å². The van der Waals surface area contributed by atoms with E-state index < -0.39 is 22.0 Å². The third kappa shape index (κ3) is 5.43. The number of furan rings is 1. The molecule has 0 fully saturated rings. The molecule has 2 amide bonds. The van der Waals surface area contributed by atoms with Gasteiger partial charge in [0, 0.05) is 6.54 Å². The van der Waals surface area contributed by atoms with Gasteiger partial charge in [0.2, 0.25) is 15.9 Å². The van der Waals surface area contributed by atoms with Crippen molar-refractivity contribution >= 4 is 21.8 Å². The predicted molar refractivity (Wildman–Crippen MR) is 95.6 cm³/mol. The minimum Gasteiger partial charge on any atom is -0.472 e. The quantitative estimate of drug-likeness (QED) is 0.626. The van der Waals surface area contributed by atoms with Crippen LogP contribution in [0.5, 0.6) is 0 Å². The molecule has 0 radical (unpaired) electrons. The third-order valence-corrected chi connectivity index (χ3v) is 5.07. The SMILES string of the molecule is CNS(=O)(=O)Cc1ccccc1CNC(=O)[C@H](C)NC(=O)c1ccoc1. The highest BCUT2D eigenvalue weighted by molar-refractivity contribution is 7.88. The Morgan fingerprint density at radius 3 is 2.46 bits per heavy atom. The van der Waals surface area contributed by atoms with Gasteiger partial charge in [-0.15, -0.1) is 0 Å². The summed E-state index contributed by atoms with van der Waals surface area (Å²) in [5, 5.41) is 5.26. The fraction of sp³-hybridized carbons (Fsp3) is 0.294. The Labute approximate surface area is 152 Å². The number of carbonyl (C=O) groups excluding carboxylic acids is 2. The number of amides is 2. The zero-order valence-corrected chi connectivity index (χ0v) is 15.3. The van der Waals surface area contributed by atoms with Gasteiger partial charge in [-0.25, -0.2) is 13.1 Å². The van der Waals surface area contributed by atoms with Gasteiger partial charge in [-0.3, -0.25) is 9.59 Å². The summed E-state index contributed by atoms with van der Waals surface area (Å²) in [6, 6.07) is 7.68. The molecule has 8 nitrogen and oxygen atoms in total. The second kappa shape index (κ2) is 8.63. The molecule has 2 aromatic rings. The van der Waals surface area contributed by atoms with E-state index in [1.54, 1.807) is 31.2 Å². The molecule has 1 aromatic heterocycles. The van der Waals surface area contributed by atoms with E-state index in [4.69, 9.17) is 4.42 Å². The summed E-state index contributed by atoms with van der Waals surface area (Å²) in [6.45, 7) is 1.71. The summed E-state index contributed by atoms with van der Waals surface area (Å²) >= 11 is 0. The van der Waals surface area contributed by atoms with Crippen LogP contribution in [0, 0.1) is 0 Å². The zero-order chi connectivity index (χ0) is 19.2. The van der Waals surface area contributed by atoms with Gasteiger partial charge in [-0.05, 0) is 31.2 Å². The van der Waals surface area contributed by atoms with Crippen molar-refractivity contribution in [3.05, 3.63) is 59.5 Å². The zero-order valence-electron chi connectivity index (χ0n) is 14.5. The molecule has 9 heteroatoms. The monoisotopic (exact) mass is 379 g/mol. The van der Waals surface area contributed by atoms with E-state index in [0.717, 1.165) is 0 Å². The first-order valence-corrected chi connectivity index (χ1v) is 9.56. The fourth-order valence-corrected chi connectivity index (χ4v) is 3.06. The summed E-state index contributed by atoms with van der Waals surface area (Å²) in [4.78, 5) is 24.1. The summed E-state index contributed by atoms with van der Waals surface area (Å²) in [5.74, 6) is -0.975. The van der Waals surface area contributed by atoms with Gasteiger partial charge in [0.05, 0.1) is 17.6 Å². The lowest BCUT2D eigenvalue weighted by Gasteiger charge is -2.15. The van der Waals surface area contributed by atoms with Crippen LogP contribution in [-0.4, -0.2) is 33.3 Å². The van der Waals surface area contributed by atoms with Crippen molar-refractivity contribution in [2.45, 2.75) is 25.3 Å². The van der Waals surface area contributed by atoms with Gasteiger partial charge >= 0.3 is 0 Å². The largest absolute Gasteiger partial charge is 0.472 e. The number of sulfonamides is 1. The van der Waals surface area contributed by atoms with Crippen molar-refractivity contribution in [3.63, 3.8) is 0 Å². The molecule has 0 saturated heterocycles. The lowest BCUT2D eigenvalue weighted by molar-refractivity contribution is -0.122. The first kappa shape index (κ1) is 19.7. The Morgan fingerprint density at radius 1 is 1.15 bits per heavy atom. The molecule has 0 aliphatic rings. The van der Waals surface area contributed by atoms with Crippen molar-refractivity contribution in [3.8, 4) is 0 Å². The van der Waals surface area contributed by atoms with E-state index in [-0.39, 0.29) is 18.2 Å². The molecule has 1 heterocycles. The molecule has 1 aromatic carbocycles. The normalized spacial score (nSPS) is 12.4. The molecule has 0 aliphatic carbocycles. The van der Waals surface area contributed by atoms with Gasteiger partial charge in [-0.2, -0.15) is 0 Å². The molecule has 2 rings (SSSR count). The summed E-state index contributed by atoms with van der Waals surface area (Å²) < 4.78 is 30.6. The fourth-order valence-electron chi connectivity index (χ4n) is 2.22. The van der Waals surface area contributed by atoms with Crippen LogP contribution in [0.4, 0.5) is 0 Å². The van der Waals surface area contributed by atoms with E-state index in [1.807, 2.05) is 0 Å². The maximum Gasteiger partial charge on any atom is 0.255 e. The topological polar surface area (TPSA) is 118 Å². The second-order valence-corrected chi connectivity index (χ2v) is 7.58. The maximum absolute atomic E-state index is 12.2. The van der Waals surface area contributed by atoms with Crippen LogP contribution in [0.15, 0.2) is 47.3 Å². The van der Waals surface area contributed by atoms with Gasteiger partial charge in [0.15, 0.2) is 0 Å². The van der Waals surface area contributed by atoms with E-state index in [0.29, 0.717) is 16.7 Å². The minimum atomic E-state index is -3.42. The summed E-state index contributed by atoms with van der Waals surface area (Å²) in [7, 11) is -2.07. The molecule has 140 valence electrons. The van der Waals surface area contributed by atoms with Crippen molar-refractivity contribution in [2.24, 2.45) is 0 Å². The molecule has 0 bridgehead atoms. The van der Waals surface area contributed by atoms with E-state index in [2.05, 4.69) is 15.4 Å². The van der Waals surface area contributed by atoms with Crippen LogP contribution in [0.2, 0.25) is 0 Å². The predicted octanol–water partition coefficient (Wildman–Crippen LogP) is 0.763. The first-order valence-electron chi connectivity index (χ1n) is 7.91. The summed E-state index contributed by atoms with van der Waals surface area (Å²) in [6.07, 6.45) is 2.66. The average Bonchev–Trinajstić information content (AvgIpc) is 3.15. The Morgan fingerprint density at radius 2 is 1.85 bits per heavy atom. The Balaban J connectivity index is 1.96. The minimum absolute atomic E-state index is 0.153.